The average molecular weight is 391 g/mol. The van der Waals surface area contributed by atoms with E-state index in [-0.39, 0.29) is 17.2 Å². The van der Waals surface area contributed by atoms with Gasteiger partial charge in [-0.05, 0) is 12.8 Å². The molecule has 146 valence electrons. The molecule has 0 aliphatic carbocycles. The molecule has 0 radical (unpaired) electrons. The minimum atomic E-state index is -0.140. The lowest BCUT2D eigenvalue weighted by molar-refractivity contribution is -0.120. The minimum Gasteiger partial charge on any atom is -0.378 e. The van der Waals surface area contributed by atoms with E-state index >= 15 is 0 Å². The van der Waals surface area contributed by atoms with E-state index in [1.165, 1.54) is 11.3 Å². The van der Waals surface area contributed by atoms with E-state index in [0.717, 1.165) is 43.3 Å². The van der Waals surface area contributed by atoms with E-state index in [0.29, 0.717) is 11.7 Å². The van der Waals surface area contributed by atoms with E-state index in [2.05, 4.69) is 46.2 Å². The van der Waals surface area contributed by atoms with E-state index in [4.69, 9.17) is 9.72 Å². The molecule has 27 heavy (non-hydrogen) atoms. The van der Waals surface area contributed by atoms with E-state index in [1.807, 2.05) is 6.07 Å². The molecule has 1 saturated heterocycles. The number of carbonyl (C=O) groups is 1. The number of anilines is 2. The first-order chi connectivity index (χ1) is 12.9. The van der Waals surface area contributed by atoms with Crippen molar-refractivity contribution in [3.63, 3.8) is 0 Å². The summed E-state index contributed by atoms with van der Waals surface area (Å²) >= 11 is 1.33. The predicted molar refractivity (Wildman–Crippen MR) is 105 cm³/mol. The third-order valence-corrected chi connectivity index (χ3v) is 5.12. The van der Waals surface area contributed by atoms with E-state index in [9.17, 15) is 4.79 Å². The second-order valence-corrected chi connectivity index (χ2v) is 8.55. The number of nitrogens with zero attached hydrogens (tertiary/aromatic N) is 5. The van der Waals surface area contributed by atoms with Gasteiger partial charge in [-0.25, -0.2) is 9.97 Å². The van der Waals surface area contributed by atoms with Crippen LogP contribution in [0.4, 0.5) is 10.9 Å². The summed E-state index contributed by atoms with van der Waals surface area (Å²) in [6.07, 6.45) is 1.55. The van der Waals surface area contributed by atoms with Gasteiger partial charge in [0.15, 0.2) is 0 Å². The molecule has 9 heteroatoms. The summed E-state index contributed by atoms with van der Waals surface area (Å²) in [7, 11) is 1.67. The van der Waals surface area contributed by atoms with E-state index < -0.39 is 0 Å². The zero-order chi connectivity index (χ0) is 19.4. The van der Waals surface area contributed by atoms with Crippen molar-refractivity contribution in [1.29, 1.82) is 0 Å². The monoisotopic (exact) mass is 390 g/mol. The highest BCUT2D eigenvalue weighted by Crippen LogP contribution is 2.27. The Bertz CT molecular complexity index is 767. The lowest BCUT2D eigenvalue weighted by Crippen LogP contribution is -2.39. The second kappa shape index (κ2) is 8.26. The number of aromatic nitrogens is 4. The lowest BCUT2D eigenvalue weighted by atomic mass is 9.95. The number of hydrogen-bond donors (Lipinski definition) is 1. The van der Waals surface area contributed by atoms with Crippen molar-refractivity contribution in [1.82, 2.24) is 20.2 Å². The van der Waals surface area contributed by atoms with Gasteiger partial charge in [0.05, 0.1) is 12.3 Å². The summed E-state index contributed by atoms with van der Waals surface area (Å²) < 4.78 is 5.26. The highest BCUT2D eigenvalue weighted by molar-refractivity contribution is 7.13. The molecule has 0 unspecified atom stereocenters. The fourth-order valence-corrected chi connectivity index (χ4v) is 3.46. The fraction of sp³-hybridized carbons (Fsp3) is 0.611. The molecule has 0 aromatic carbocycles. The van der Waals surface area contributed by atoms with Crippen LogP contribution in [0.25, 0.3) is 0 Å². The van der Waals surface area contributed by atoms with Gasteiger partial charge >= 0.3 is 0 Å². The Balaban J connectivity index is 1.68. The Morgan fingerprint density at radius 1 is 1.33 bits per heavy atom. The van der Waals surface area contributed by atoms with Crippen molar-refractivity contribution in [3.05, 3.63) is 23.1 Å². The van der Waals surface area contributed by atoms with Crippen LogP contribution in [-0.4, -0.2) is 46.3 Å². The minimum absolute atomic E-state index is 0.0181. The van der Waals surface area contributed by atoms with Crippen LogP contribution in [0.15, 0.2) is 11.6 Å². The molecule has 2 aromatic heterocycles. The standard InChI is InChI=1S/C18H26N6O2S/c1-18(2,3)16-20-13(10-26-4)9-14(21-16)24-7-5-12(6-8-24)15(25)22-17-23-19-11-27-17/h9,11-12H,5-8,10H2,1-4H3,(H,22,23,25). The molecule has 1 amide bonds. The molecule has 2 aromatic rings. The highest BCUT2D eigenvalue weighted by atomic mass is 32.1. The molecule has 0 spiro atoms. The van der Waals surface area contributed by atoms with Crippen LogP contribution in [-0.2, 0) is 21.6 Å². The number of amides is 1. The third-order valence-electron chi connectivity index (χ3n) is 4.51. The lowest BCUT2D eigenvalue weighted by Gasteiger charge is -2.33. The maximum Gasteiger partial charge on any atom is 0.229 e. The molecular formula is C18H26N6O2S. The van der Waals surface area contributed by atoms with Crippen LogP contribution >= 0.6 is 11.3 Å². The molecule has 0 bridgehead atoms. The molecule has 0 saturated carbocycles. The Hall–Kier alpha value is -2.13. The molecule has 3 heterocycles. The topological polar surface area (TPSA) is 93.1 Å². The molecule has 1 aliphatic rings. The van der Waals surface area contributed by atoms with Gasteiger partial charge in [-0.3, -0.25) is 4.79 Å². The van der Waals surface area contributed by atoms with Crippen molar-refractivity contribution >= 4 is 28.2 Å². The van der Waals surface area contributed by atoms with Gasteiger partial charge < -0.3 is 15.0 Å². The zero-order valence-corrected chi connectivity index (χ0v) is 17.0. The van der Waals surface area contributed by atoms with Crippen molar-refractivity contribution in [2.24, 2.45) is 5.92 Å². The Morgan fingerprint density at radius 2 is 2.07 bits per heavy atom. The van der Waals surface area contributed by atoms with Gasteiger partial charge in [-0.2, -0.15) is 0 Å². The van der Waals surface area contributed by atoms with Gasteiger partial charge in [0.2, 0.25) is 11.0 Å². The normalized spacial score (nSPS) is 15.8. The first-order valence-corrected chi connectivity index (χ1v) is 9.94. The molecule has 1 aliphatic heterocycles. The van der Waals surface area contributed by atoms with Gasteiger partial charge in [-0.1, -0.05) is 32.1 Å². The van der Waals surface area contributed by atoms with Crippen LogP contribution in [0.1, 0.15) is 45.1 Å². The van der Waals surface area contributed by atoms with Crippen LogP contribution in [0.2, 0.25) is 0 Å². The largest absolute Gasteiger partial charge is 0.378 e. The molecule has 1 fully saturated rings. The molecular weight excluding hydrogens is 364 g/mol. The average Bonchev–Trinajstić information content (AvgIpc) is 3.14. The van der Waals surface area contributed by atoms with Gasteiger partial charge in [0.25, 0.3) is 0 Å². The van der Waals surface area contributed by atoms with Crippen molar-refractivity contribution in [3.8, 4) is 0 Å². The Kier molecular flexibility index (Phi) is 6.01. The van der Waals surface area contributed by atoms with Crippen LogP contribution in [0.3, 0.4) is 0 Å². The number of hydrogen-bond acceptors (Lipinski definition) is 8. The summed E-state index contributed by atoms with van der Waals surface area (Å²) in [5.41, 5.74) is 2.35. The highest BCUT2D eigenvalue weighted by Gasteiger charge is 2.27. The van der Waals surface area contributed by atoms with Crippen molar-refractivity contribution < 1.29 is 9.53 Å². The summed E-state index contributed by atoms with van der Waals surface area (Å²) in [5.74, 6) is 1.71. The number of rotatable bonds is 5. The van der Waals surface area contributed by atoms with Gasteiger partial charge in [0.1, 0.15) is 17.2 Å². The van der Waals surface area contributed by atoms with E-state index in [1.54, 1.807) is 12.6 Å². The van der Waals surface area contributed by atoms with Crippen LogP contribution in [0, 0.1) is 5.92 Å². The summed E-state index contributed by atoms with van der Waals surface area (Å²) in [4.78, 5) is 24.0. The predicted octanol–water partition coefficient (Wildman–Crippen LogP) is 2.63. The second-order valence-electron chi connectivity index (χ2n) is 7.72. The molecule has 1 N–H and O–H groups in total. The maximum absolute atomic E-state index is 12.4. The number of ether oxygens (including phenoxy) is 1. The van der Waals surface area contributed by atoms with Gasteiger partial charge in [0, 0.05) is 37.6 Å². The number of nitrogens with one attached hydrogen (secondary N) is 1. The van der Waals surface area contributed by atoms with Crippen LogP contribution in [0.5, 0.6) is 0 Å². The van der Waals surface area contributed by atoms with Crippen LogP contribution < -0.4 is 10.2 Å². The third kappa shape index (κ3) is 4.98. The number of methoxy groups -OCH3 is 1. The number of piperidine rings is 1. The smallest absolute Gasteiger partial charge is 0.229 e. The first-order valence-electron chi connectivity index (χ1n) is 9.06. The van der Waals surface area contributed by atoms with Crippen molar-refractivity contribution in [2.45, 2.75) is 45.6 Å². The SMILES string of the molecule is COCc1cc(N2CCC(C(=O)Nc3nncs3)CC2)nc(C(C)(C)C)n1. The fourth-order valence-electron chi connectivity index (χ4n) is 3.01. The summed E-state index contributed by atoms with van der Waals surface area (Å²) in [6, 6.07) is 1.99. The maximum atomic E-state index is 12.4. The molecule has 8 nitrogen and oxygen atoms in total. The Morgan fingerprint density at radius 3 is 2.67 bits per heavy atom. The zero-order valence-electron chi connectivity index (χ0n) is 16.2. The number of carbonyl (C=O) groups excluding carboxylic acids is 1. The van der Waals surface area contributed by atoms with Gasteiger partial charge in [-0.15, -0.1) is 10.2 Å². The summed E-state index contributed by atoms with van der Waals surface area (Å²) in [5, 5.41) is 11.0. The quantitative estimate of drug-likeness (QED) is 0.839. The molecule has 0 atom stereocenters. The molecule has 3 rings (SSSR count). The Labute approximate surface area is 163 Å². The van der Waals surface area contributed by atoms with Crippen molar-refractivity contribution in [2.75, 3.05) is 30.4 Å². The summed E-state index contributed by atoms with van der Waals surface area (Å²) in [6.45, 7) is 8.33. The first kappa shape index (κ1) is 19.6.